The van der Waals surface area contributed by atoms with Crippen LogP contribution < -0.4 is 4.90 Å². The molecule has 2 fully saturated rings. The van der Waals surface area contributed by atoms with Crippen molar-refractivity contribution in [3.63, 3.8) is 0 Å². The number of carbonyl (C=O) groups excluding carboxylic acids is 1. The molecule has 186 valence electrons. The summed E-state index contributed by atoms with van der Waals surface area (Å²) >= 11 is 1.72. The number of pyridine rings is 1. The number of aliphatic carboxylic acids is 1. The molecule has 0 aromatic carbocycles. The summed E-state index contributed by atoms with van der Waals surface area (Å²) in [5.74, 6) is -1.56. The number of likely N-dealkylation sites (tertiary alicyclic amines) is 1. The Morgan fingerprint density at radius 3 is 2.37 bits per heavy atom. The second-order valence-electron chi connectivity index (χ2n) is 8.50. The first kappa shape index (κ1) is 24.8. The normalized spacial score (nSPS) is 20.4. The first-order valence-corrected chi connectivity index (χ1v) is 12.0. The van der Waals surface area contributed by atoms with Gasteiger partial charge in [0.15, 0.2) is 0 Å². The number of hydrogen-bond donors (Lipinski definition) is 1. The first-order valence-electron chi connectivity index (χ1n) is 11.2. The number of halogens is 3. The van der Waals surface area contributed by atoms with Crippen molar-refractivity contribution in [2.45, 2.75) is 43.8 Å². The van der Waals surface area contributed by atoms with Gasteiger partial charge in [-0.3, -0.25) is 9.78 Å². The van der Waals surface area contributed by atoms with Gasteiger partial charge >= 0.3 is 12.1 Å². The summed E-state index contributed by atoms with van der Waals surface area (Å²) in [5, 5.41) is 9.22. The highest BCUT2D eigenvalue weighted by molar-refractivity contribution is 7.17. The maximum absolute atomic E-state index is 12.9. The number of alkyl halides is 3. The second-order valence-corrected chi connectivity index (χ2v) is 9.41. The molecule has 0 aliphatic carbocycles. The minimum Gasteiger partial charge on any atom is -0.475 e. The van der Waals surface area contributed by atoms with Gasteiger partial charge in [0.25, 0.3) is 5.91 Å². The van der Waals surface area contributed by atoms with Crippen LogP contribution in [0.3, 0.4) is 0 Å². The van der Waals surface area contributed by atoms with Crippen LogP contribution in [0.15, 0.2) is 42.3 Å². The average molecular weight is 508 g/mol. The predicted molar refractivity (Wildman–Crippen MR) is 124 cm³/mol. The summed E-state index contributed by atoms with van der Waals surface area (Å²) < 4.78 is 32.9. The van der Waals surface area contributed by atoms with Crippen molar-refractivity contribution in [1.29, 1.82) is 0 Å². The summed E-state index contributed by atoms with van der Waals surface area (Å²) in [5.41, 5.74) is 1.85. The lowest BCUT2D eigenvalue weighted by Crippen LogP contribution is -2.45. The third-order valence-corrected chi connectivity index (χ3v) is 7.35. The number of carboxylic acids is 1. The van der Waals surface area contributed by atoms with Crippen molar-refractivity contribution < 1.29 is 27.9 Å². The minimum atomic E-state index is -5.08. The SMILES string of the molecule is O=C(O)C(F)(F)F.O=C(c1ccncc1)N1CCCC2(CCCN2c2ncnc3ccsc23)CC1. The van der Waals surface area contributed by atoms with Gasteiger partial charge in [-0.05, 0) is 55.7 Å². The Labute approximate surface area is 203 Å². The standard InChI is InChI=1S/C21H23N5OS.C2HF3O2/c27-20(16-3-9-22-10-4-16)25-11-1-6-21(8-13-25)7-2-12-26(21)19-18-17(5-14-28-18)23-15-24-19;3-2(4,5)1(6)7/h3-5,9-10,14-15H,1-2,6-8,11-13H2;(H,6,7). The van der Waals surface area contributed by atoms with Gasteiger partial charge in [0.05, 0.1) is 10.2 Å². The highest BCUT2D eigenvalue weighted by atomic mass is 32.1. The van der Waals surface area contributed by atoms with Crippen molar-refractivity contribution in [2.24, 2.45) is 0 Å². The van der Waals surface area contributed by atoms with E-state index in [0.717, 1.165) is 55.8 Å². The third-order valence-electron chi connectivity index (χ3n) is 6.45. The van der Waals surface area contributed by atoms with E-state index in [2.05, 4.69) is 31.3 Å². The zero-order valence-electron chi connectivity index (χ0n) is 18.7. The van der Waals surface area contributed by atoms with E-state index in [9.17, 15) is 18.0 Å². The first-order chi connectivity index (χ1) is 16.7. The van der Waals surface area contributed by atoms with Gasteiger partial charge in [-0.2, -0.15) is 13.2 Å². The number of anilines is 1. The number of rotatable bonds is 2. The molecule has 1 spiro atoms. The Morgan fingerprint density at radius 1 is 1.00 bits per heavy atom. The fraction of sp³-hybridized carbons (Fsp3) is 0.435. The topological polar surface area (TPSA) is 99.5 Å². The lowest BCUT2D eigenvalue weighted by Gasteiger charge is -2.39. The van der Waals surface area contributed by atoms with Gasteiger partial charge in [-0.15, -0.1) is 11.3 Å². The zero-order chi connectivity index (χ0) is 25.1. The summed E-state index contributed by atoms with van der Waals surface area (Å²) in [6, 6.07) is 5.68. The highest BCUT2D eigenvalue weighted by Gasteiger charge is 2.43. The number of fused-ring (bicyclic) bond motifs is 1. The smallest absolute Gasteiger partial charge is 0.475 e. The summed E-state index contributed by atoms with van der Waals surface area (Å²) in [7, 11) is 0. The van der Waals surface area contributed by atoms with Crippen LogP contribution in [0.1, 0.15) is 42.5 Å². The van der Waals surface area contributed by atoms with Crippen molar-refractivity contribution in [3.05, 3.63) is 47.9 Å². The molecule has 2 aliphatic rings. The fourth-order valence-corrected chi connectivity index (χ4v) is 5.66. The molecule has 5 heterocycles. The van der Waals surface area contributed by atoms with E-state index >= 15 is 0 Å². The van der Waals surface area contributed by atoms with Gasteiger partial charge in [0.1, 0.15) is 12.1 Å². The molecule has 0 bridgehead atoms. The van der Waals surface area contributed by atoms with E-state index in [4.69, 9.17) is 9.90 Å². The molecule has 1 amide bonds. The molecule has 0 radical (unpaired) electrons. The van der Waals surface area contributed by atoms with Crippen molar-refractivity contribution in [2.75, 3.05) is 24.5 Å². The largest absolute Gasteiger partial charge is 0.490 e. The van der Waals surface area contributed by atoms with Gasteiger partial charge in [-0.25, -0.2) is 14.8 Å². The summed E-state index contributed by atoms with van der Waals surface area (Å²) in [6.45, 7) is 2.63. The highest BCUT2D eigenvalue weighted by Crippen LogP contribution is 2.43. The molecule has 2 saturated heterocycles. The van der Waals surface area contributed by atoms with Crippen molar-refractivity contribution in [1.82, 2.24) is 19.9 Å². The number of aromatic nitrogens is 3. The fourth-order valence-electron chi connectivity index (χ4n) is 4.82. The Hall–Kier alpha value is -3.28. The molecule has 2 aliphatic heterocycles. The maximum atomic E-state index is 12.9. The van der Waals surface area contributed by atoms with Crippen LogP contribution in [0, 0.1) is 0 Å². The molecule has 1 N–H and O–H groups in total. The Morgan fingerprint density at radius 2 is 1.69 bits per heavy atom. The predicted octanol–water partition coefficient (Wildman–Crippen LogP) is 4.38. The molecule has 1 unspecified atom stereocenters. The van der Waals surface area contributed by atoms with Gasteiger partial charge < -0.3 is 14.9 Å². The van der Waals surface area contributed by atoms with Crippen LogP contribution in [0.2, 0.25) is 0 Å². The second kappa shape index (κ2) is 10.1. The van der Waals surface area contributed by atoms with Crippen LogP contribution in [0.5, 0.6) is 0 Å². The van der Waals surface area contributed by atoms with E-state index in [0.29, 0.717) is 0 Å². The lowest BCUT2D eigenvalue weighted by atomic mass is 9.87. The van der Waals surface area contributed by atoms with Gasteiger partial charge in [0, 0.05) is 43.1 Å². The quantitative estimate of drug-likeness (QED) is 0.549. The third kappa shape index (κ3) is 5.37. The van der Waals surface area contributed by atoms with Gasteiger partial charge in [-0.1, -0.05) is 0 Å². The van der Waals surface area contributed by atoms with E-state index in [-0.39, 0.29) is 11.4 Å². The molecule has 5 rings (SSSR count). The molecule has 3 aromatic rings. The van der Waals surface area contributed by atoms with Crippen LogP contribution in [-0.2, 0) is 4.79 Å². The lowest BCUT2D eigenvalue weighted by molar-refractivity contribution is -0.192. The number of hydrogen-bond acceptors (Lipinski definition) is 7. The van der Waals surface area contributed by atoms with E-state index < -0.39 is 12.1 Å². The van der Waals surface area contributed by atoms with Crippen LogP contribution in [-0.4, -0.2) is 68.2 Å². The molecule has 35 heavy (non-hydrogen) atoms. The minimum absolute atomic E-state index is 0.0958. The molecule has 12 heteroatoms. The van der Waals surface area contributed by atoms with Crippen LogP contribution in [0.4, 0.5) is 19.0 Å². The molecule has 8 nitrogen and oxygen atoms in total. The van der Waals surface area contributed by atoms with E-state index in [1.54, 1.807) is 42.2 Å². The van der Waals surface area contributed by atoms with E-state index in [1.807, 2.05) is 4.90 Å². The van der Waals surface area contributed by atoms with Crippen molar-refractivity contribution >= 4 is 39.2 Å². The maximum Gasteiger partial charge on any atom is 0.490 e. The van der Waals surface area contributed by atoms with Crippen molar-refractivity contribution in [3.8, 4) is 0 Å². The zero-order valence-corrected chi connectivity index (χ0v) is 19.6. The van der Waals surface area contributed by atoms with Crippen LogP contribution in [0.25, 0.3) is 10.2 Å². The molecule has 3 aromatic heterocycles. The summed E-state index contributed by atoms with van der Waals surface area (Å²) in [4.78, 5) is 39.5. The molecular weight excluding hydrogens is 483 g/mol. The Bertz CT molecular complexity index is 1190. The average Bonchev–Trinajstić information content (AvgIpc) is 3.42. The number of thiophene rings is 1. The molecular formula is C23H24F3N5O3S. The monoisotopic (exact) mass is 507 g/mol. The number of carbonyl (C=O) groups is 2. The Kier molecular flexibility index (Phi) is 7.20. The number of nitrogens with zero attached hydrogens (tertiary/aromatic N) is 5. The Balaban J connectivity index is 0.000000364. The number of amides is 1. The summed E-state index contributed by atoms with van der Waals surface area (Å²) in [6.07, 6.45) is 5.43. The van der Waals surface area contributed by atoms with Crippen LogP contribution >= 0.6 is 11.3 Å². The molecule has 0 saturated carbocycles. The molecule has 1 atom stereocenters. The van der Waals surface area contributed by atoms with E-state index in [1.165, 1.54) is 17.5 Å². The number of carboxylic acid groups (broad SMARTS) is 1. The van der Waals surface area contributed by atoms with Gasteiger partial charge in [0.2, 0.25) is 0 Å².